The lowest BCUT2D eigenvalue weighted by molar-refractivity contribution is -0.127. The van der Waals surface area contributed by atoms with Crippen LogP contribution in [0.25, 0.3) is 0 Å². The van der Waals surface area contributed by atoms with E-state index in [1.807, 2.05) is 6.07 Å². The summed E-state index contributed by atoms with van der Waals surface area (Å²) < 4.78 is 30.0. The number of nitrogens with one attached hydrogen (secondary N) is 2. The van der Waals surface area contributed by atoms with Gasteiger partial charge in [-0.1, -0.05) is 12.1 Å². The highest BCUT2D eigenvalue weighted by Crippen LogP contribution is 2.28. The second-order valence-corrected chi connectivity index (χ2v) is 8.26. The summed E-state index contributed by atoms with van der Waals surface area (Å²) >= 11 is 0. The number of benzene rings is 1. The van der Waals surface area contributed by atoms with E-state index in [-0.39, 0.29) is 24.3 Å². The van der Waals surface area contributed by atoms with Crippen molar-refractivity contribution >= 4 is 27.5 Å². The Labute approximate surface area is 146 Å². The molecule has 2 heterocycles. The molecule has 3 rings (SSSR count). The first-order valence-electron chi connectivity index (χ1n) is 8.14. The van der Waals surface area contributed by atoms with E-state index in [4.69, 9.17) is 4.74 Å². The van der Waals surface area contributed by atoms with E-state index in [1.165, 1.54) is 10.6 Å². The van der Waals surface area contributed by atoms with Crippen LogP contribution < -0.4 is 15.4 Å². The molecule has 1 saturated heterocycles. The lowest BCUT2D eigenvalue weighted by Crippen LogP contribution is -2.48. The van der Waals surface area contributed by atoms with Gasteiger partial charge in [0.2, 0.25) is 15.9 Å². The summed E-state index contributed by atoms with van der Waals surface area (Å²) in [5.41, 5.74) is 0.614. The first kappa shape index (κ1) is 17.7. The summed E-state index contributed by atoms with van der Waals surface area (Å²) in [6.07, 6.45) is 1.33. The maximum Gasteiger partial charge on any atom is 0.267 e. The molecular formula is C16H21N3O5S. The molecule has 1 aromatic carbocycles. The van der Waals surface area contributed by atoms with Crippen molar-refractivity contribution in [2.24, 2.45) is 5.92 Å². The van der Waals surface area contributed by atoms with Crippen LogP contribution in [0.2, 0.25) is 0 Å². The number of nitrogens with zero attached hydrogens (tertiary/aromatic N) is 1. The maximum atomic E-state index is 12.3. The minimum absolute atomic E-state index is 0.0747. The fraction of sp³-hybridized carbons (Fsp3) is 0.500. The number of para-hydroxylation sites is 2. The van der Waals surface area contributed by atoms with Gasteiger partial charge in [-0.15, -0.1) is 0 Å². The Bertz CT molecular complexity index is 772. The average Bonchev–Trinajstić information content (AvgIpc) is 2.59. The predicted molar refractivity (Wildman–Crippen MR) is 91.6 cm³/mol. The zero-order chi connectivity index (χ0) is 18.0. The highest BCUT2D eigenvalue weighted by molar-refractivity contribution is 7.88. The Kier molecular flexibility index (Phi) is 4.96. The molecular weight excluding hydrogens is 346 g/mol. The van der Waals surface area contributed by atoms with Crippen molar-refractivity contribution < 1.29 is 22.7 Å². The lowest BCUT2D eigenvalue weighted by Gasteiger charge is -2.30. The molecule has 0 aliphatic carbocycles. The van der Waals surface area contributed by atoms with Crippen molar-refractivity contribution in [3.05, 3.63) is 24.3 Å². The molecule has 2 aliphatic heterocycles. The topological polar surface area (TPSA) is 105 Å². The Hall–Kier alpha value is -2.13. The number of ether oxygens (including phenoxy) is 1. The highest BCUT2D eigenvalue weighted by Gasteiger charge is 2.31. The highest BCUT2D eigenvalue weighted by atomic mass is 32.2. The zero-order valence-corrected chi connectivity index (χ0v) is 14.7. The van der Waals surface area contributed by atoms with Crippen LogP contribution in [-0.4, -0.2) is 56.5 Å². The number of sulfonamides is 1. The maximum absolute atomic E-state index is 12.3. The average molecular weight is 367 g/mol. The van der Waals surface area contributed by atoms with Gasteiger partial charge in [-0.3, -0.25) is 9.59 Å². The second kappa shape index (κ2) is 7.01. The molecule has 136 valence electrons. The molecule has 8 nitrogen and oxygen atoms in total. The van der Waals surface area contributed by atoms with E-state index in [2.05, 4.69) is 10.6 Å². The van der Waals surface area contributed by atoms with Crippen LogP contribution >= 0.6 is 0 Å². The quantitative estimate of drug-likeness (QED) is 0.790. The molecule has 9 heteroatoms. The van der Waals surface area contributed by atoms with E-state index in [0.717, 1.165) is 0 Å². The standard InChI is InChI=1S/C16H21N3O5S/c1-25(22,23)19-8-6-11(7-9-19)15(20)17-10-14-16(21)18-12-4-2-3-5-13(12)24-14/h2-5,11,14H,6-10H2,1H3,(H,17,20)(H,18,21). The van der Waals surface area contributed by atoms with Crippen LogP contribution in [0.15, 0.2) is 24.3 Å². The number of fused-ring (bicyclic) bond motifs is 1. The van der Waals surface area contributed by atoms with Gasteiger partial charge in [-0.05, 0) is 25.0 Å². The summed E-state index contributed by atoms with van der Waals surface area (Å²) in [7, 11) is -3.21. The molecule has 0 spiro atoms. The number of carbonyl (C=O) groups is 2. The third kappa shape index (κ3) is 4.10. The van der Waals surface area contributed by atoms with Gasteiger partial charge in [0.25, 0.3) is 5.91 Å². The Morgan fingerprint density at radius 1 is 1.32 bits per heavy atom. The number of hydrogen-bond donors (Lipinski definition) is 2. The first-order valence-corrected chi connectivity index (χ1v) is 9.99. The fourth-order valence-corrected chi connectivity index (χ4v) is 3.89. The van der Waals surface area contributed by atoms with E-state index in [9.17, 15) is 18.0 Å². The molecule has 0 saturated carbocycles. The van der Waals surface area contributed by atoms with Gasteiger partial charge in [-0.2, -0.15) is 0 Å². The largest absolute Gasteiger partial charge is 0.477 e. The van der Waals surface area contributed by atoms with E-state index >= 15 is 0 Å². The predicted octanol–water partition coefficient (Wildman–Crippen LogP) is 0.174. The second-order valence-electron chi connectivity index (χ2n) is 6.27. The first-order chi connectivity index (χ1) is 11.8. The molecule has 1 fully saturated rings. The van der Waals surface area contributed by atoms with E-state index < -0.39 is 16.1 Å². The van der Waals surface area contributed by atoms with Crippen LogP contribution in [0.1, 0.15) is 12.8 Å². The van der Waals surface area contributed by atoms with E-state index in [1.54, 1.807) is 18.2 Å². The summed E-state index contributed by atoms with van der Waals surface area (Å²) in [5.74, 6) is -0.158. The van der Waals surface area contributed by atoms with Gasteiger partial charge in [-0.25, -0.2) is 12.7 Å². The van der Waals surface area contributed by atoms with Gasteiger partial charge >= 0.3 is 0 Å². The van der Waals surface area contributed by atoms with Gasteiger partial charge in [0.15, 0.2) is 6.10 Å². The summed E-state index contributed by atoms with van der Waals surface area (Å²) in [4.78, 5) is 24.3. The van der Waals surface area contributed by atoms with Gasteiger partial charge in [0.1, 0.15) is 5.75 Å². The molecule has 25 heavy (non-hydrogen) atoms. The monoisotopic (exact) mass is 367 g/mol. The molecule has 2 N–H and O–H groups in total. The summed E-state index contributed by atoms with van der Waals surface area (Å²) in [6.45, 7) is 0.751. The Morgan fingerprint density at radius 3 is 2.68 bits per heavy atom. The van der Waals surface area contributed by atoms with Gasteiger partial charge < -0.3 is 15.4 Å². The molecule has 1 aromatic rings. The zero-order valence-electron chi connectivity index (χ0n) is 13.9. The van der Waals surface area contributed by atoms with Crippen LogP contribution in [0.3, 0.4) is 0 Å². The number of hydrogen-bond acceptors (Lipinski definition) is 5. The van der Waals surface area contributed by atoms with Crippen LogP contribution in [0.4, 0.5) is 5.69 Å². The van der Waals surface area contributed by atoms with E-state index in [0.29, 0.717) is 37.4 Å². The van der Waals surface area contributed by atoms with Crippen LogP contribution in [0.5, 0.6) is 5.75 Å². The van der Waals surface area contributed by atoms with Crippen LogP contribution in [0, 0.1) is 5.92 Å². The van der Waals surface area contributed by atoms with Gasteiger partial charge in [0.05, 0.1) is 18.5 Å². The molecule has 0 bridgehead atoms. The fourth-order valence-electron chi connectivity index (χ4n) is 3.01. The summed E-state index contributed by atoms with van der Waals surface area (Å²) in [6, 6.07) is 7.11. The minimum Gasteiger partial charge on any atom is -0.477 e. The van der Waals surface area contributed by atoms with Crippen molar-refractivity contribution in [1.82, 2.24) is 9.62 Å². The molecule has 0 radical (unpaired) electrons. The van der Waals surface area contributed by atoms with Crippen molar-refractivity contribution in [1.29, 1.82) is 0 Å². The number of carbonyl (C=O) groups excluding carboxylic acids is 2. The van der Waals surface area contributed by atoms with Gasteiger partial charge in [0, 0.05) is 19.0 Å². The van der Waals surface area contributed by atoms with Crippen molar-refractivity contribution in [2.45, 2.75) is 18.9 Å². The molecule has 2 amide bonds. The Balaban J connectivity index is 1.51. The number of amides is 2. The van der Waals surface area contributed by atoms with Crippen LogP contribution in [-0.2, 0) is 19.6 Å². The van der Waals surface area contributed by atoms with Crippen molar-refractivity contribution in [3.63, 3.8) is 0 Å². The number of rotatable bonds is 4. The van der Waals surface area contributed by atoms with Crippen molar-refractivity contribution in [2.75, 3.05) is 31.2 Å². The SMILES string of the molecule is CS(=O)(=O)N1CCC(C(=O)NCC2Oc3ccccc3NC2=O)CC1. The molecule has 0 aromatic heterocycles. The molecule has 2 aliphatic rings. The number of piperidine rings is 1. The molecule has 1 atom stereocenters. The Morgan fingerprint density at radius 2 is 2.00 bits per heavy atom. The molecule has 1 unspecified atom stereocenters. The lowest BCUT2D eigenvalue weighted by atomic mass is 9.97. The van der Waals surface area contributed by atoms with Crippen molar-refractivity contribution in [3.8, 4) is 5.75 Å². The summed E-state index contributed by atoms with van der Waals surface area (Å²) in [5, 5.41) is 5.49. The third-order valence-electron chi connectivity index (χ3n) is 4.46. The third-order valence-corrected chi connectivity index (χ3v) is 5.77. The normalized spacial score (nSPS) is 21.8. The smallest absolute Gasteiger partial charge is 0.267 e. The minimum atomic E-state index is -3.21. The number of anilines is 1.